The molecular formula is C18H23N5O3. The van der Waals surface area contributed by atoms with Gasteiger partial charge >= 0.3 is 5.69 Å². The maximum absolute atomic E-state index is 12.4. The lowest BCUT2D eigenvalue weighted by Crippen LogP contribution is -2.37. The van der Waals surface area contributed by atoms with E-state index in [2.05, 4.69) is 10.3 Å². The van der Waals surface area contributed by atoms with Crippen molar-refractivity contribution < 1.29 is 4.74 Å². The fourth-order valence-electron chi connectivity index (χ4n) is 2.94. The van der Waals surface area contributed by atoms with Crippen LogP contribution in [0.2, 0.25) is 0 Å². The Bertz CT molecular complexity index is 1030. The second-order valence-corrected chi connectivity index (χ2v) is 6.03. The number of nitrogens with zero attached hydrogens (tertiary/aromatic N) is 4. The molecule has 0 unspecified atom stereocenters. The summed E-state index contributed by atoms with van der Waals surface area (Å²) in [5.41, 5.74) is 1.22. The van der Waals surface area contributed by atoms with E-state index in [-0.39, 0.29) is 11.2 Å². The van der Waals surface area contributed by atoms with Gasteiger partial charge in [-0.2, -0.15) is 0 Å². The molecule has 26 heavy (non-hydrogen) atoms. The largest absolute Gasteiger partial charge is 0.494 e. The van der Waals surface area contributed by atoms with Crippen LogP contribution >= 0.6 is 0 Å². The molecule has 0 aliphatic carbocycles. The lowest BCUT2D eigenvalue weighted by Gasteiger charge is -2.11. The van der Waals surface area contributed by atoms with Crippen LogP contribution in [-0.4, -0.2) is 31.8 Å². The Balaban J connectivity index is 1.72. The van der Waals surface area contributed by atoms with Gasteiger partial charge in [-0.15, -0.1) is 0 Å². The molecule has 0 fully saturated rings. The van der Waals surface area contributed by atoms with Crippen molar-refractivity contribution in [3.05, 3.63) is 57.0 Å². The van der Waals surface area contributed by atoms with E-state index in [1.54, 1.807) is 17.9 Å². The van der Waals surface area contributed by atoms with Crippen LogP contribution in [0.25, 0.3) is 11.2 Å². The maximum Gasteiger partial charge on any atom is 0.332 e. The summed E-state index contributed by atoms with van der Waals surface area (Å²) in [6, 6.07) is 7.91. The highest BCUT2D eigenvalue weighted by molar-refractivity contribution is 5.69. The number of aryl methyl sites for hydroxylation is 1. The Kier molecular flexibility index (Phi) is 5.22. The maximum atomic E-state index is 12.4. The number of fused-ring (bicyclic) bond motifs is 1. The lowest BCUT2D eigenvalue weighted by molar-refractivity contribution is 0.335. The third-order valence-corrected chi connectivity index (χ3v) is 4.33. The molecule has 0 spiro atoms. The lowest BCUT2D eigenvalue weighted by atomic mass is 10.2. The molecule has 2 heterocycles. The predicted octanol–water partition coefficient (Wildman–Crippen LogP) is 0.622. The van der Waals surface area contributed by atoms with E-state index in [0.717, 1.165) is 15.9 Å². The predicted molar refractivity (Wildman–Crippen MR) is 99.5 cm³/mol. The minimum absolute atomic E-state index is 0.331. The zero-order valence-electron chi connectivity index (χ0n) is 15.2. The molecule has 0 saturated carbocycles. The third kappa shape index (κ3) is 3.28. The molecule has 8 nitrogen and oxygen atoms in total. The zero-order valence-corrected chi connectivity index (χ0v) is 15.2. The molecule has 8 heteroatoms. The molecule has 1 N–H and O–H groups in total. The molecule has 2 aromatic heterocycles. The first-order valence-electron chi connectivity index (χ1n) is 8.56. The van der Waals surface area contributed by atoms with Crippen molar-refractivity contribution in [2.45, 2.75) is 20.0 Å². The van der Waals surface area contributed by atoms with Crippen molar-refractivity contribution >= 4 is 11.2 Å². The fraction of sp³-hybridized carbons (Fsp3) is 0.389. The van der Waals surface area contributed by atoms with Crippen LogP contribution in [0.3, 0.4) is 0 Å². The number of benzene rings is 1. The molecule has 0 atom stereocenters. The topological polar surface area (TPSA) is 83.1 Å². The molecule has 0 bridgehead atoms. The summed E-state index contributed by atoms with van der Waals surface area (Å²) in [6.45, 7) is 4.47. The third-order valence-electron chi connectivity index (χ3n) is 4.33. The van der Waals surface area contributed by atoms with E-state index >= 15 is 0 Å². The summed E-state index contributed by atoms with van der Waals surface area (Å²) >= 11 is 0. The average Bonchev–Trinajstić information content (AvgIpc) is 3.07. The number of rotatable bonds is 7. The smallest absolute Gasteiger partial charge is 0.332 e. The van der Waals surface area contributed by atoms with E-state index in [1.165, 1.54) is 11.6 Å². The molecule has 0 radical (unpaired) electrons. The van der Waals surface area contributed by atoms with Crippen molar-refractivity contribution in [3.63, 3.8) is 0 Å². The summed E-state index contributed by atoms with van der Waals surface area (Å²) in [7, 11) is 3.09. The normalized spacial score (nSPS) is 11.2. The first-order chi connectivity index (χ1) is 12.5. The van der Waals surface area contributed by atoms with Crippen LogP contribution in [0, 0.1) is 0 Å². The van der Waals surface area contributed by atoms with Gasteiger partial charge in [-0.05, 0) is 13.0 Å². The summed E-state index contributed by atoms with van der Waals surface area (Å²) in [5.74, 6) is 0.874. The van der Waals surface area contributed by atoms with Crippen LogP contribution in [0.1, 0.15) is 12.5 Å². The van der Waals surface area contributed by atoms with E-state index < -0.39 is 0 Å². The number of para-hydroxylation sites is 1. The van der Waals surface area contributed by atoms with Gasteiger partial charge in [-0.1, -0.05) is 18.2 Å². The van der Waals surface area contributed by atoms with Gasteiger partial charge < -0.3 is 14.6 Å². The molecule has 0 amide bonds. The van der Waals surface area contributed by atoms with Crippen molar-refractivity contribution in [1.29, 1.82) is 0 Å². The van der Waals surface area contributed by atoms with Gasteiger partial charge in [0.2, 0.25) is 0 Å². The number of hydrogen-bond acceptors (Lipinski definition) is 5. The van der Waals surface area contributed by atoms with Gasteiger partial charge in [0.15, 0.2) is 11.2 Å². The Labute approximate surface area is 150 Å². The number of imidazole rings is 1. The molecule has 3 rings (SSSR count). The van der Waals surface area contributed by atoms with Gasteiger partial charge in [0, 0.05) is 39.3 Å². The van der Waals surface area contributed by atoms with Crippen LogP contribution in [0.4, 0.5) is 0 Å². The second kappa shape index (κ2) is 7.57. The minimum atomic E-state index is -0.376. The molecular weight excluding hydrogens is 334 g/mol. The van der Waals surface area contributed by atoms with Gasteiger partial charge in [0.1, 0.15) is 5.75 Å². The van der Waals surface area contributed by atoms with Gasteiger partial charge in [-0.25, -0.2) is 9.78 Å². The molecule has 0 saturated heterocycles. The standard InChI is InChI=1S/C18H23N5O3/c1-4-26-14-8-6-5-7-13(14)11-19-9-10-23-12-20-16-15(23)17(24)22(3)18(25)21(16)2/h5-8,12,19H,4,9-11H2,1-3H3. The average molecular weight is 357 g/mol. The number of nitrogens with one attached hydrogen (secondary N) is 1. The highest BCUT2D eigenvalue weighted by atomic mass is 16.5. The van der Waals surface area contributed by atoms with E-state index in [4.69, 9.17) is 4.74 Å². The SMILES string of the molecule is CCOc1ccccc1CNCCn1cnc2c1c(=O)n(C)c(=O)n2C. The van der Waals surface area contributed by atoms with E-state index in [9.17, 15) is 9.59 Å². The van der Waals surface area contributed by atoms with Crippen LogP contribution < -0.4 is 21.3 Å². The molecule has 3 aromatic rings. The summed E-state index contributed by atoms with van der Waals surface area (Å²) in [4.78, 5) is 28.6. The van der Waals surface area contributed by atoms with E-state index in [1.807, 2.05) is 31.2 Å². The van der Waals surface area contributed by atoms with Crippen molar-refractivity contribution in [2.24, 2.45) is 14.1 Å². The Morgan fingerprint density at radius 1 is 1.15 bits per heavy atom. The Hall–Kier alpha value is -2.87. The molecule has 0 aliphatic rings. The van der Waals surface area contributed by atoms with Gasteiger partial charge in [-0.3, -0.25) is 13.9 Å². The van der Waals surface area contributed by atoms with Gasteiger partial charge in [0.05, 0.1) is 12.9 Å². The first-order valence-corrected chi connectivity index (χ1v) is 8.56. The van der Waals surface area contributed by atoms with E-state index in [0.29, 0.717) is 37.4 Å². The van der Waals surface area contributed by atoms with Crippen LogP contribution in [-0.2, 0) is 27.2 Å². The summed E-state index contributed by atoms with van der Waals surface area (Å²) in [6.07, 6.45) is 1.60. The Morgan fingerprint density at radius 2 is 1.92 bits per heavy atom. The summed E-state index contributed by atoms with van der Waals surface area (Å²) < 4.78 is 9.89. The summed E-state index contributed by atoms with van der Waals surface area (Å²) in [5, 5.41) is 3.36. The highest BCUT2D eigenvalue weighted by Crippen LogP contribution is 2.17. The second-order valence-electron chi connectivity index (χ2n) is 6.03. The van der Waals surface area contributed by atoms with Crippen LogP contribution in [0.15, 0.2) is 40.2 Å². The van der Waals surface area contributed by atoms with Gasteiger partial charge in [0.25, 0.3) is 5.56 Å². The van der Waals surface area contributed by atoms with Crippen molar-refractivity contribution in [2.75, 3.05) is 13.2 Å². The molecule has 0 aliphatic heterocycles. The number of aromatic nitrogens is 4. The van der Waals surface area contributed by atoms with Crippen molar-refractivity contribution in [1.82, 2.24) is 24.0 Å². The monoisotopic (exact) mass is 357 g/mol. The fourth-order valence-corrected chi connectivity index (χ4v) is 2.94. The van der Waals surface area contributed by atoms with Crippen LogP contribution in [0.5, 0.6) is 5.75 Å². The number of ether oxygens (including phenoxy) is 1. The highest BCUT2D eigenvalue weighted by Gasteiger charge is 2.13. The quantitative estimate of drug-likeness (QED) is 0.627. The molecule has 1 aromatic carbocycles. The Morgan fingerprint density at radius 3 is 2.69 bits per heavy atom. The first kappa shape index (κ1) is 17.9. The number of hydrogen-bond donors (Lipinski definition) is 1. The minimum Gasteiger partial charge on any atom is -0.494 e. The molecule has 138 valence electrons. The van der Waals surface area contributed by atoms with Crippen molar-refractivity contribution in [3.8, 4) is 5.75 Å². The zero-order chi connectivity index (χ0) is 18.7.